The van der Waals surface area contributed by atoms with Crippen LogP contribution >= 0.6 is 0 Å². The zero-order valence-electron chi connectivity index (χ0n) is 18.1. The molecule has 2 atom stereocenters. The van der Waals surface area contributed by atoms with Gasteiger partial charge in [0.15, 0.2) is 0 Å². The van der Waals surface area contributed by atoms with Gasteiger partial charge in [-0.15, -0.1) is 0 Å². The second-order valence-electron chi connectivity index (χ2n) is 9.62. The van der Waals surface area contributed by atoms with Gasteiger partial charge in [0, 0.05) is 11.6 Å². The van der Waals surface area contributed by atoms with Crippen molar-refractivity contribution in [3.8, 4) is 5.75 Å². The molecule has 0 amide bonds. The fourth-order valence-electron chi connectivity index (χ4n) is 5.23. The molecule has 0 spiro atoms. The van der Waals surface area contributed by atoms with Crippen LogP contribution in [-0.2, 0) is 6.42 Å². The van der Waals surface area contributed by atoms with E-state index in [1.165, 1.54) is 43.5 Å². The third-order valence-electron chi connectivity index (χ3n) is 6.86. The maximum absolute atomic E-state index is 11.7. The molecule has 1 aromatic rings. The summed E-state index contributed by atoms with van der Waals surface area (Å²) in [5.74, 6) is 0.638. The van der Waals surface area contributed by atoms with Gasteiger partial charge in [0.1, 0.15) is 11.4 Å². The van der Waals surface area contributed by atoms with Crippen molar-refractivity contribution < 1.29 is 14.6 Å². The van der Waals surface area contributed by atoms with Crippen LogP contribution < -0.4 is 4.74 Å². The molecule has 4 rings (SSSR count). The third kappa shape index (κ3) is 4.00. The Hall–Kier alpha value is -2.07. The number of carboxylic acids is 1. The van der Waals surface area contributed by atoms with Crippen LogP contribution in [-0.4, -0.2) is 40.7 Å². The maximum Gasteiger partial charge on any atom is 0.335 e. The van der Waals surface area contributed by atoms with Gasteiger partial charge in [0.2, 0.25) is 0 Å². The first-order chi connectivity index (χ1) is 13.7. The second kappa shape index (κ2) is 7.64. The average molecular weight is 396 g/mol. The van der Waals surface area contributed by atoms with Crippen molar-refractivity contribution in [3.63, 3.8) is 0 Å². The summed E-state index contributed by atoms with van der Waals surface area (Å²) in [7, 11) is 0. The summed E-state index contributed by atoms with van der Waals surface area (Å²) in [6, 6.07) is 4.25. The largest absolute Gasteiger partial charge is 0.483 e. The second-order valence-corrected chi connectivity index (χ2v) is 9.62. The summed E-state index contributed by atoms with van der Waals surface area (Å²) in [6.45, 7) is 10.9. The molecule has 29 heavy (non-hydrogen) atoms. The lowest BCUT2D eigenvalue weighted by atomic mass is 9.82. The van der Waals surface area contributed by atoms with Crippen LogP contribution in [0.3, 0.4) is 0 Å². The number of hydrogen-bond acceptors (Lipinski definition) is 3. The van der Waals surface area contributed by atoms with E-state index in [4.69, 9.17) is 4.74 Å². The lowest BCUT2D eigenvalue weighted by Crippen LogP contribution is -2.36. The molecule has 156 valence electrons. The molecule has 0 saturated carbocycles. The molecule has 1 N–H and O–H groups in total. The van der Waals surface area contributed by atoms with Crippen molar-refractivity contribution in [1.82, 2.24) is 4.90 Å². The highest BCUT2D eigenvalue weighted by Crippen LogP contribution is 2.44. The summed E-state index contributed by atoms with van der Waals surface area (Å²) >= 11 is 0. The van der Waals surface area contributed by atoms with Gasteiger partial charge >= 0.3 is 5.97 Å². The van der Waals surface area contributed by atoms with Crippen LogP contribution in [0, 0.1) is 5.92 Å². The van der Waals surface area contributed by atoms with E-state index in [0.29, 0.717) is 23.9 Å². The number of benzene rings is 1. The van der Waals surface area contributed by atoms with Crippen LogP contribution in [0.1, 0.15) is 74.9 Å². The molecule has 4 nitrogen and oxygen atoms in total. The van der Waals surface area contributed by atoms with E-state index in [1.807, 2.05) is 0 Å². The first-order valence-corrected chi connectivity index (χ1v) is 10.9. The number of allylic oxidation sites excluding steroid dienone is 2. The molecular formula is C25H33NO3. The number of aromatic carboxylic acids is 1. The Kier molecular flexibility index (Phi) is 5.32. The van der Waals surface area contributed by atoms with Gasteiger partial charge in [0.25, 0.3) is 0 Å². The summed E-state index contributed by atoms with van der Waals surface area (Å²) in [4.78, 5) is 14.4. The molecule has 2 fully saturated rings. The zero-order valence-corrected chi connectivity index (χ0v) is 18.1. The van der Waals surface area contributed by atoms with Gasteiger partial charge in [-0.05, 0) is 108 Å². The topological polar surface area (TPSA) is 49.8 Å². The molecule has 0 bridgehead atoms. The maximum atomic E-state index is 11.7. The molecule has 1 unspecified atom stereocenters. The number of hydrogen-bond donors (Lipinski definition) is 1. The Morgan fingerprint density at radius 3 is 2.79 bits per heavy atom. The molecule has 0 aliphatic carbocycles. The minimum absolute atomic E-state index is 0.336. The van der Waals surface area contributed by atoms with Gasteiger partial charge in [-0.25, -0.2) is 4.79 Å². The van der Waals surface area contributed by atoms with Crippen molar-refractivity contribution in [3.05, 3.63) is 46.0 Å². The molecule has 2 saturated heterocycles. The Bertz CT molecular complexity index is 876. The highest BCUT2D eigenvalue weighted by atomic mass is 16.5. The highest BCUT2D eigenvalue weighted by molar-refractivity contribution is 5.90. The smallest absolute Gasteiger partial charge is 0.335 e. The fraction of sp³-hybridized carbons (Fsp3) is 0.560. The van der Waals surface area contributed by atoms with Crippen LogP contribution in [0.4, 0.5) is 0 Å². The van der Waals surface area contributed by atoms with Gasteiger partial charge < -0.3 is 14.7 Å². The third-order valence-corrected chi connectivity index (χ3v) is 6.86. The lowest BCUT2D eigenvalue weighted by molar-refractivity contribution is 0.0696. The number of nitrogens with zero attached hydrogens (tertiary/aromatic N) is 1. The van der Waals surface area contributed by atoms with E-state index >= 15 is 0 Å². The highest BCUT2D eigenvalue weighted by Gasteiger charge is 2.40. The molecule has 3 aliphatic heterocycles. The standard InChI is InChI=1S/C25H33NO3/c1-16(2)7-8-18-12-20(24(27)28)13-19-15-21(25(3,4)29-23(18)19)14-17-9-11-26-10-5-6-22(17)26/h7,12-13,15,17,22H,5-6,8-11,14H2,1-4H3,(H,27,28)/t17-,22?/m1/s1. The van der Waals surface area contributed by atoms with Crippen LogP contribution in [0.2, 0.25) is 0 Å². The fourth-order valence-corrected chi connectivity index (χ4v) is 5.23. The molecular weight excluding hydrogens is 362 g/mol. The minimum Gasteiger partial charge on any atom is -0.483 e. The molecule has 3 aliphatic rings. The SMILES string of the molecule is CC(C)=CCc1cc(C(=O)O)cc2c1OC(C)(C)C(C[C@H]1CCN3CCCC13)=C2. The van der Waals surface area contributed by atoms with Gasteiger partial charge in [-0.2, -0.15) is 0 Å². The summed E-state index contributed by atoms with van der Waals surface area (Å²) in [5.41, 5.74) is 4.34. The molecule has 4 heteroatoms. The zero-order chi connectivity index (χ0) is 20.8. The van der Waals surface area contributed by atoms with Gasteiger partial charge in [-0.3, -0.25) is 0 Å². The quantitative estimate of drug-likeness (QED) is 0.685. The number of ether oxygens (including phenoxy) is 1. The van der Waals surface area contributed by atoms with Crippen molar-refractivity contribution in [1.29, 1.82) is 0 Å². The Morgan fingerprint density at radius 1 is 1.28 bits per heavy atom. The van der Waals surface area contributed by atoms with Gasteiger partial charge in [0.05, 0.1) is 5.56 Å². The number of rotatable bonds is 5. The first kappa shape index (κ1) is 20.2. The first-order valence-electron chi connectivity index (χ1n) is 10.9. The van der Waals surface area contributed by atoms with E-state index in [9.17, 15) is 9.90 Å². The van der Waals surface area contributed by atoms with Crippen LogP contribution in [0.5, 0.6) is 5.75 Å². The minimum atomic E-state index is -0.886. The van der Waals surface area contributed by atoms with E-state index < -0.39 is 5.97 Å². The summed E-state index contributed by atoms with van der Waals surface area (Å²) in [6.07, 6.45) is 9.95. The van der Waals surface area contributed by atoms with Crippen LogP contribution in [0.15, 0.2) is 29.4 Å². The Morgan fingerprint density at radius 2 is 2.07 bits per heavy atom. The predicted octanol–water partition coefficient (Wildman–Crippen LogP) is 5.32. The summed E-state index contributed by atoms with van der Waals surface area (Å²) < 4.78 is 6.55. The van der Waals surface area contributed by atoms with Gasteiger partial charge in [-0.1, -0.05) is 11.6 Å². The van der Waals surface area contributed by atoms with E-state index in [1.54, 1.807) is 12.1 Å². The van der Waals surface area contributed by atoms with Crippen molar-refractivity contribution in [2.24, 2.45) is 5.92 Å². The van der Waals surface area contributed by atoms with Crippen molar-refractivity contribution in [2.75, 3.05) is 13.1 Å². The van der Waals surface area contributed by atoms with Crippen molar-refractivity contribution in [2.45, 2.75) is 71.4 Å². The molecule has 0 radical (unpaired) electrons. The van der Waals surface area contributed by atoms with E-state index in [0.717, 1.165) is 23.3 Å². The van der Waals surface area contributed by atoms with E-state index in [-0.39, 0.29) is 5.60 Å². The predicted molar refractivity (Wildman–Crippen MR) is 117 cm³/mol. The average Bonchev–Trinajstić information content (AvgIpc) is 3.24. The number of carbonyl (C=O) groups is 1. The number of fused-ring (bicyclic) bond motifs is 2. The molecule has 1 aromatic carbocycles. The lowest BCUT2D eigenvalue weighted by Gasteiger charge is -2.37. The van der Waals surface area contributed by atoms with E-state index in [2.05, 4.69) is 44.7 Å². The molecule has 3 heterocycles. The normalized spacial score (nSPS) is 25.0. The summed E-state index contributed by atoms with van der Waals surface area (Å²) in [5, 5.41) is 9.61. The molecule has 0 aromatic heterocycles. The Labute approximate surface area is 174 Å². The Balaban J connectivity index is 1.70. The monoisotopic (exact) mass is 395 g/mol. The van der Waals surface area contributed by atoms with Crippen molar-refractivity contribution >= 4 is 12.0 Å². The van der Waals surface area contributed by atoms with Crippen LogP contribution in [0.25, 0.3) is 6.08 Å². The number of carboxylic acid groups (broad SMARTS) is 1.